The molecule has 4 heteroatoms. The number of aryl methyl sites for hydroxylation is 1. The highest BCUT2D eigenvalue weighted by Crippen LogP contribution is 2.18. The first-order chi connectivity index (χ1) is 11.5. The summed E-state index contributed by atoms with van der Waals surface area (Å²) < 4.78 is 27.5. The molecule has 1 N–H and O–H groups in total. The fourth-order valence-electron chi connectivity index (χ4n) is 2.52. The van der Waals surface area contributed by atoms with Crippen molar-refractivity contribution in [1.82, 2.24) is 0 Å². The molecule has 3 aromatic rings. The standard InChI is InChI=1S/C20H19NO2S/c1-16-6-5-9-20(14-16)24(22,23)21-19-12-10-18(11-13-19)15-17-7-3-2-4-8-17/h2-14,21H,15H2,1H3. The van der Waals surface area contributed by atoms with Crippen LogP contribution in [0.5, 0.6) is 0 Å². The van der Waals surface area contributed by atoms with Gasteiger partial charge in [0.1, 0.15) is 0 Å². The largest absolute Gasteiger partial charge is 0.280 e. The molecule has 0 heterocycles. The second-order valence-corrected chi connectivity index (χ2v) is 7.46. The predicted molar refractivity (Wildman–Crippen MR) is 97.7 cm³/mol. The van der Waals surface area contributed by atoms with Crippen molar-refractivity contribution < 1.29 is 8.42 Å². The fourth-order valence-corrected chi connectivity index (χ4v) is 3.68. The molecular formula is C20H19NO2S. The highest BCUT2D eigenvalue weighted by molar-refractivity contribution is 7.92. The van der Waals surface area contributed by atoms with Crippen LogP contribution in [0.25, 0.3) is 0 Å². The third kappa shape index (κ3) is 4.03. The molecule has 24 heavy (non-hydrogen) atoms. The molecule has 0 saturated carbocycles. The Labute approximate surface area is 143 Å². The highest BCUT2D eigenvalue weighted by Gasteiger charge is 2.13. The lowest BCUT2D eigenvalue weighted by atomic mass is 10.1. The van der Waals surface area contributed by atoms with Gasteiger partial charge >= 0.3 is 0 Å². The molecular weight excluding hydrogens is 318 g/mol. The van der Waals surface area contributed by atoms with Crippen molar-refractivity contribution in [3.63, 3.8) is 0 Å². The molecule has 0 aliphatic rings. The summed E-state index contributed by atoms with van der Waals surface area (Å²) in [6, 6.07) is 24.5. The Morgan fingerprint density at radius 3 is 2.12 bits per heavy atom. The van der Waals surface area contributed by atoms with Crippen LogP contribution in [0.2, 0.25) is 0 Å². The van der Waals surface area contributed by atoms with Gasteiger partial charge in [-0.1, -0.05) is 54.6 Å². The van der Waals surface area contributed by atoms with Gasteiger partial charge in [0.25, 0.3) is 10.0 Å². The minimum absolute atomic E-state index is 0.274. The minimum Gasteiger partial charge on any atom is -0.280 e. The van der Waals surface area contributed by atoms with Gasteiger partial charge in [-0.3, -0.25) is 4.72 Å². The Hall–Kier alpha value is -2.59. The molecule has 0 radical (unpaired) electrons. The molecule has 0 spiro atoms. The Morgan fingerprint density at radius 2 is 1.46 bits per heavy atom. The second kappa shape index (κ2) is 6.89. The second-order valence-electron chi connectivity index (χ2n) is 5.78. The normalized spacial score (nSPS) is 11.2. The average molecular weight is 337 g/mol. The summed E-state index contributed by atoms with van der Waals surface area (Å²) in [5.41, 5.74) is 3.84. The van der Waals surface area contributed by atoms with E-state index in [9.17, 15) is 8.42 Å². The monoisotopic (exact) mass is 337 g/mol. The van der Waals surface area contributed by atoms with E-state index in [4.69, 9.17) is 0 Å². The van der Waals surface area contributed by atoms with Crippen LogP contribution in [0.3, 0.4) is 0 Å². The number of anilines is 1. The van der Waals surface area contributed by atoms with Crippen LogP contribution in [-0.2, 0) is 16.4 Å². The molecule has 122 valence electrons. The Kier molecular flexibility index (Phi) is 4.67. The molecule has 0 unspecified atom stereocenters. The van der Waals surface area contributed by atoms with E-state index in [0.29, 0.717) is 5.69 Å². The molecule has 3 aromatic carbocycles. The van der Waals surface area contributed by atoms with Gasteiger partial charge in [-0.2, -0.15) is 0 Å². The average Bonchev–Trinajstić information content (AvgIpc) is 2.57. The predicted octanol–water partition coefficient (Wildman–Crippen LogP) is 4.39. The zero-order chi connectivity index (χ0) is 17.0. The van der Waals surface area contributed by atoms with Crippen LogP contribution >= 0.6 is 0 Å². The van der Waals surface area contributed by atoms with Gasteiger partial charge in [0.05, 0.1) is 4.90 Å². The van der Waals surface area contributed by atoms with Gasteiger partial charge < -0.3 is 0 Å². The summed E-state index contributed by atoms with van der Waals surface area (Å²) in [5.74, 6) is 0. The quantitative estimate of drug-likeness (QED) is 0.751. The maximum atomic E-state index is 12.4. The highest BCUT2D eigenvalue weighted by atomic mass is 32.2. The van der Waals surface area contributed by atoms with Gasteiger partial charge in [0.2, 0.25) is 0 Å². The van der Waals surface area contributed by atoms with Crippen LogP contribution in [-0.4, -0.2) is 8.42 Å². The van der Waals surface area contributed by atoms with Crippen molar-refractivity contribution in [3.8, 4) is 0 Å². The van der Waals surface area contributed by atoms with Crippen molar-refractivity contribution in [2.45, 2.75) is 18.2 Å². The van der Waals surface area contributed by atoms with E-state index in [1.807, 2.05) is 43.3 Å². The molecule has 0 aromatic heterocycles. The molecule has 0 aliphatic carbocycles. The van der Waals surface area contributed by atoms with E-state index in [0.717, 1.165) is 17.5 Å². The lowest BCUT2D eigenvalue weighted by molar-refractivity contribution is 0.601. The Morgan fingerprint density at radius 1 is 0.792 bits per heavy atom. The van der Waals surface area contributed by atoms with Gasteiger partial charge in [-0.15, -0.1) is 0 Å². The van der Waals surface area contributed by atoms with Crippen LogP contribution in [0.1, 0.15) is 16.7 Å². The van der Waals surface area contributed by atoms with Crippen LogP contribution < -0.4 is 4.72 Å². The summed E-state index contributed by atoms with van der Waals surface area (Å²) >= 11 is 0. The zero-order valence-electron chi connectivity index (χ0n) is 13.4. The summed E-state index contributed by atoms with van der Waals surface area (Å²) in [6.07, 6.45) is 0.825. The zero-order valence-corrected chi connectivity index (χ0v) is 14.3. The van der Waals surface area contributed by atoms with Gasteiger partial charge in [0.15, 0.2) is 0 Å². The number of hydrogen-bond donors (Lipinski definition) is 1. The molecule has 0 aliphatic heterocycles. The smallest absolute Gasteiger partial charge is 0.261 e. The number of sulfonamides is 1. The summed E-state index contributed by atoms with van der Waals surface area (Å²) in [7, 11) is -3.56. The van der Waals surface area contributed by atoms with Crippen LogP contribution in [0, 0.1) is 6.92 Å². The lowest BCUT2D eigenvalue weighted by Crippen LogP contribution is -2.13. The van der Waals surface area contributed by atoms with Gasteiger partial charge in [0, 0.05) is 5.69 Å². The first-order valence-electron chi connectivity index (χ1n) is 7.75. The third-order valence-electron chi connectivity index (χ3n) is 3.76. The number of nitrogens with one attached hydrogen (secondary N) is 1. The van der Waals surface area contributed by atoms with Crippen molar-refractivity contribution in [2.75, 3.05) is 4.72 Å². The van der Waals surface area contributed by atoms with E-state index in [-0.39, 0.29) is 4.90 Å². The summed E-state index contributed by atoms with van der Waals surface area (Å²) in [5, 5.41) is 0. The van der Waals surface area contributed by atoms with E-state index in [2.05, 4.69) is 16.9 Å². The SMILES string of the molecule is Cc1cccc(S(=O)(=O)Nc2ccc(Cc3ccccc3)cc2)c1. The van der Waals surface area contributed by atoms with E-state index in [1.54, 1.807) is 30.3 Å². The molecule has 0 fully saturated rings. The lowest BCUT2D eigenvalue weighted by Gasteiger charge is -2.09. The molecule has 0 atom stereocenters. The fraction of sp³-hybridized carbons (Fsp3) is 0.100. The van der Waals surface area contributed by atoms with E-state index >= 15 is 0 Å². The Balaban J connectivity index is 1.74. The molecule has 0 amide bonds. The van der Waals surface area contributed by atoms with Gasteiger partial charge in [-0.25, -0.2) is 8.42 Å². The molecule has 0 saturated heterocycles. The molecule has 3 nitrogen and oxygen atoms in total. The molecule has 3 rings (SSSR count). The summed E-state index contributed by atoms with van der Waals surface area (Å²) in [4.78, 5) is 0.274. The van der Waals surface area contributed by atoms with Crippen molar-refractivity contribution in [2.24, 2.45) is 0 Å². The first kappa shape index (κ1) is 16.3. The number of rotatable bonds is 5. The number of hydrogen-bond acceptors (Lipinski definition) is 2. The first-order valence-corrected chi connectivity index (χ1v) is 9.24. The van der Waals surface area contributed by atoms with Crippen molar-refractivity contribution in [3.05, 3.63) is 95.6 Å². The van der Waals surface area contributed by atoms with E-state index in [1.165, 1.54) is 5.56 Å². The molecule has 0 bridgehead atoms. The Bertz CT molecular complexity index is 917. The maximum Gasteiger partial charge on any atom is 0.261 e. The topological polar surface area (TPSA) is 46.2 Å². The summed E-state index contributed by atoms with van der Waals surface area (Å²) in [6.45, 7) is 1.87. The van der Waals surface area contributed by atoms with Crippen molar-refractivity contribution >= 4 is 15.7 Å². The maximum absolute atomic E-state index is 12.4. The third-order valence-corrected chi connectivity index (χ3v) is 5.14. The van der Waals surface area contributed by atoms with E-state index < -0.39 is 10.0 Å². The van der Waals surface area contributed by atoms with Crippen LogP contribution in [0.4, 0.5) is 5.69 Å². The van der Waals surface area contributed by atoms with Crippen LogP contribution in [0.15, 0.2) is 83.8 Å². The van der Waals surface area contributed by atoms with Crippen molar-refractivity contribution in [1.29, 1.82) is 0 Å². The minimum atomic E-state index is -3.56. The number of benzene rings is 3. The van der Waals surface area contributed by atoms with Gasteiger partial charge in [-0.05, 0) is 54.3 Å².